The van der Waals surface area contributed by atoms with Crippen molar-refractivity contribution in [3.63, 3.8) is 0 Å². The van der Waals surface area contributed by atoms with Gasteiger partial charge in [-0.1, -0.05) is 84.9 Å². The molecule has 7 rings (SSSR count). The molecule has 0 aliphatic rings. The number of furan rings is 1. The first kappa shape index (κ1) is 17.4. The van der Waals surface area contributed by atoms with Crippen molar-refractivity contribution in [3.05, 3.63) is 115 Å². The quantitative estimate of drug-likeness (QED) is 0.280. The number of nitrogens with zero attached hydrogens (tertiary/aromatic N) is 1. The van der Waals surface area contributed by atoms with Crippen LogP contribution in [0.3, 0.4) is 0 Å². The molecule has 2 aromatic heterocycles. The molecular formula is C30H19NO. The van der Waals surface area contributed by atoms with E-state index < -0.39 is 0 Å². The Bertz CT molecular complexity index is 1770. The number of para-hydroxylation sites is 3. The Morgan fingerprint density at radius 3 is 2.09 bits per heavy atom. The maximum absolute atomic E-state index is 6.25. The SMILES string of the molecule is c1ccc(-c2ccccc2-n2c3ccccc3c3cc4c(cc32)oc2ccccc24)cc1. The molecule has 32 heavy (non-hydrogen) atoms. The molecular weight excluding hydrogens is 390 g/mol. The lowest BCUT2D eigenvalue weighted by Gasteiger charge is -2.14. The van der Waals surface area contributed by atoms with Crippen molar-refractivity contribution in [2.45, 2.75) is 0 Å². The van der Waals surface area contributed by atoms with Gasteiger partial charge in [-0.25, -0.2) is 0 Å². The Balaban J connectivity index is 1.64. The molecule has 0 saturated carbocycles. The van der Waals surface area contributed by atoms with Gasteiger partial charge in [-0.2, -0.15) is 0 Å². The monoisotopic (exact) mass is 409 g/mol. The van der Waals surface area contributed by atoms with Crippen LogP contribution in [0.1, 0.15) is 0 Å². The van der Waals surface area contributed by atoms with E-state index in [2.05, 4.69) is 108 Å². The van der Waals surface area contributed by atoms with Gasteiger partial charge in [-0.15, -0.1) is 0 Å². The molecule has 5 aromatic carbocycles. The third kappa shape index (κ3) is 2.41. The molecule has 0 fully saturated rings. The standard InChI is InChI=1S/C30H19NO/c1-2-10-20(11-3-1)21-12-4-7-15-26(21)31-27-16-8-5-13-22(27)24-18-25-23-14-6-9-17-29(23)32-30(25)19-28(24)31/h1-19H. The summed E-state index contributed by atoms with van der Waals surface area (Å²) in [6.07, 6.45) is 0. The zero-order valence-corrected chi connectivity index (χ0v) is 17.3. The molecule has 0 spiro atoms. The largest absolute Gasteiger partial charge is 0.456 e. The average Bonchev–Trinajstić information content (AvgIpc) is 3.38. The molecule has 0 aliphatic heterocycles. The fourth-order valence-corrected chi connectivity index (χ4v) is 4.98. The molecule has 0 unspecified atom stereocenters. The van der Waals surface area contributed by atoms with Crippen LogP contribution in [0.4, 0.5) is 0 Å². The maximum atomic E-state index is 6.25. The number of fused-ring (bicyclic) bond motifs is 6. The first-order valence-electron chi connectivity index (χ1n) is 10.9. The Morgan fingerprint density at radius 1 is 0.469 bits per heavy atom. The molecule has 0 radical (unpaired) electrons. The van der Waals surface area contributed by atoms with Gasteiger partial charge in [0.25, 0.3) is 0 Å². The fraction of sp³-hybridized carbons (Fsp3) is 0. The Hall–Kier alpha value is -4.30. The molecule has 2 heterocycles. The average molecular weight is 409 g/mol. The lowest BCUT2D eigenvalue weighted by Crippen LogP contribution is -1.96. The van der Waals surface area contributed by atoms with Gasteiger partial charge in [0.05, 0.1) is 16.7 Å². The smallest absolute Gasteiger partial charge is 0.137 e. The van der Waals surface area contributed by atoms with E-state index in [0.29, 0.717) is 0 Å². The number of hydrogen-bond donors (Lipinski definition) is 0. The molecule has 0 bridgehead atoms. The zero-order chi connectivity index (χ0) is 21.1. The number of hydrogen-bond acceptors (Lipinski definition) is 1. The van der Waals surface area contributed by atoms with Crippen molar-refractivity contribution in [2.24, 2.45) is 0 Å². The lowest BCUT2D eigenvalue weighted by atomic mass is 10.0. The molecule has 0 saturated heterocycles. The minimum absolute atomic E-state index is 0.917. The summed E-state index contributed by atoms with van der Waals surface area (Å²) in [7, 11) is 0. The second-order valence-electron chi connectivity index (χ2n) is 8.20. The number of rotatable bonds is 2. The zero-order valence-electron chi connectivity index (χ0n) is 17.3. The number of aromatic nitrogens is 1. The van der Waals surface area contributed by atoms with Crippen molar-refractivity contribution < 1.29 is 4.42 Å². The van der Waals surface area contributed by atoms with E-state index in [1.165, 1.54) is 33.1 Å². The highest BCUT2D eigenvalue weighted by molar-refractivity contribution is 6.17. The van der Waals surface area contributed by atoms with Gasteiger partial charge in [0.2, 0.25) is 0 Å². The van der Waals surface area contributed by atoms with Gasteiger partial charge in [0, 0.05) is 33.2 Å². The molecule has 2 heteroatoms. The van der Waals surface area contributed by atoms with Gasteiger partial charge in [-0.3, -0.25) is 0 Å². The van der Waals surface area contributed by atoms with E-state index in [4.69, 9.17) is 4.42 Å². The number of benzene rings is 5. The van der Waals surface area contributed by atoms with Gasteiger partial charge >= 0.3 is 0 Å². The van der Waals surface area contributed by atoms with Crippen LogP contribution in [0.2, 0.25) is 0 Å². The van der Waals surface area contributed by atoms with Crippen molar-refractivity contribution in [3.8, 4) is 16.8 Å². The van der Waals surface area contributed by atoms with E-state index in [0.717, 1.165) is 27.5 Å². The second-order valence-corrected chi connectivity index (χ2v) is 8.20. The third-order valence-electron chi connectivity index (χ3n) is 6.40. The van der Waals surface area contributed by atoms with Crippen LogP contribution in [-0.2, 0) is 0 Å². The molecule has 2 nitrogen and oxygen atoms in total. The highest BCUT2D eigenvalue weighted by Crippen LogP contribution is 2.39. The Kier molecular flexibility index (Phi) is 3.58. The second kappa shape index (κ2) is 6.60. The van der Waals surface area contributed by atoms with E-state index >= 15 is 0 Å². The van der Waals surface area contributed by atoms with E-state index in [1.807, 2.05) is 12.1 Å². The molecule has 0 aliphatic carbocycles. The highest BCUT2D eigenvalue weighted by atomic mass is 16.3. The third-order valence-corrected chi connectivity index (χ3v) is 6.40. The topological polar surface area (TPSA) is 18.1 Å². The summed E-state index contributed by atoms with van der Waals surface area (Å²) in [6, 6.07) is 40.6. The summed E-state index contributed by atoms with van der Waals surface area (Å²) < 4.78 is 8.62. The van der Waals surface area contributed by atoms with Gasteiger partial charge < -0.3 is 8.98 Å². The van der Waals surface area contributed by atoms with Crippen LogP contribution in [0.5, 0.6) is 0 Å². The Labute approximate surface area is 184 Å². The summed E-state index contributed by atoms with van der Waals surface area (Å²) in [5.74, 6) is 0. The first-order valence-corrected chi connectivity index (χ1v) is 10.9. The normalized spacial score (nSPS) is 11.8. The summed E-state index contributed by atoms with van der Waals surface area (Å²) in [5.41, 5.74) is 7.78. The predicted molar refractivity (Wildman–Crippen MR) is 133 cm³/mol. The van der Waals surface area contributed by atoms with Crippen molar-refractivity contribution in [2.75, 3.05) is 0 Å². The Morgan fingerprint density at radius 2 is 1.19 bits per heavy atom. The van der Waals surface area contributed by atoms with Crippen LogP contribution < -0.4 is 0 Å². The molecule has 150 valence electrons. The first-order chi connectivity index (χ1) is 15.9. The van der Waals surface area contributed by atoms with Gasteiger partial charge in [0.1, 0.15) is 11.2 Å². The van der Waals surface area contributed by atoms with Crippen LogP contribution >= 0.6 is 0 Å². The van der Waals surface area contributed by atoms with Crippen LogP contribution in [0, 0.1) is 0 Å². The predicted octanol–water partition coefficient (Wildman–Crippen LogP) is 8.35. The van der Waals surface area contributed by atoms with Crippen molar-refractivity contribution in [1.29, 1.82) is 0 Å². The molecule has 0 N–H and O–H groups in total. The van der Waals surface area contributed by atoms with Gasteiger partial charge in [-0.05, 0) is 29.8 Å². The lowest BCUT2D eigenvalue weighted by molar-refractivity contribution is 0.669. The molecule has 7 aromatic rings. The van der Waals surface area contributed by atoms with Crippen LogP contribution in [-0.4, -0.2) is 4.57 Å². The maximum Gasteiger partial charge on any atom is 0.137 e. The molecule has 0 atom stereocenters. The van der Waals surface area contributed by atoms with E-state index in [9.17, 15) is 0 Å². The minimum Gasteiger partial charge on any atom is -0.456 e. The highest BCUT2D eigenvalue weighted by Gasteiger charge is 2.17. The van der Waals surface area contributed by atoms with Crippen LogP contribution in [0.15, 0.2) is 120 Å². The van der Waals surface area contributed by atoms with Crippen LogP contribution in [0.25, 0.3) is 60.6 Å². The fourth-order valence-electron chi connectivity index (χ4n) is 4.98. The van der Waals surface area contributed by atoms with E-state index in [1.54, 1.807) is 0 Å². The molecule has 0 amide bonds. The van der Waals surface area contributed by atoms with Crippen molar-refractivity contribution >= 4 is 43.7 Å². The minimum atomic E-state index is 0.917. The van der Waals surface area contributed by atoms with Crippen molar-refractivity contribution in [1.82, 2.24) is 4.57 Å². The summed E-state index contributed by atoms with van der Waals surface area (Å²) in [6.45, 7) is 0. The van der Waals surface area contributed by atoms with E-state index in [-0.39, 0.29) is 0 Å². The van der Waals surface area contributed by atoms with Gasteiger partial charge in [0.15, 0.2) is 0 Å². The summed E-state index contributed by atoms with van der Waals surface area (Å²) in [5, 5.41) is 4.80. The summed E-state index contributed by atoms with van der Waals surface area (Å²) in [4.78, 5) is 0. The summed E-state index contributed by atoms with van der Waals surface area (Å²) >= 11 is 0.